The van der Waals surface area contributed by atoms with E-state index in [1.807, 2.05) is 0 Å². The van der Waals surface area contributed by atoms with Crippen LogP contribution in [0.5, 0.6) is 0 Å². The summed E-state index contributed by atoms with van der Waals surface area (Å²) in [6.07, 6.45) is 8.83. The van der Waals surface area contributed by atoms with Gasteiger partial charge in [-0.15, -0.1) is 0 Å². The average molecular weight is 211 g/mol. The Hall–Kier alpha value is -0.0800. The molecular formula is C13H25NO. The highest BCUT2D eigenvalue weighted by atomic mass is 16.5. The van der Waals surface area contributed by atoms with Crippen molar-refractivity contribution in [3.8, 4) is 0 Å². The molecule has 1 saturated heterocycles. The first-order valence-electron chi connectivity index (χ1n) is 6.68. The van der Waals surface area contributed by atoms with Crippen molar-refractivity contribution in [2.24, 2.45) is 11.8 Å². The molecule has 2 heteroatoms. The highest BCUT2D eigenvalue weighted by molar-refractivity contribution is 4.76. The van der Waals surface area contributed by atoms with Crippen LogP contribution in [-0.2, 0) is 4.74 Å². The predicted octanol–water partition coefficient (Wildman–Crippen LogP) is 2.58. The molecular weight excluding hydrogens is 186 g/mol. The van der Waals surface area contributed by atoms with E-state index in [-0.39, 0.29) is 0 Å². The first kappa shape index (κ1) is 11.4. The van der Waals surface area contributed by atoms with Crippen LogP contribution < -0.4 is 5.32 Å². The van der Waals surface area contributed by atoms with E-state index < -0.39 is 0 Å². The maximum atomic E-state index is 6.09. The number of ether oxygens (including phenoxy) is 1. The van der Waals surface area contributed by atoms with E-state index in [0.717, 1.165) is 25.6 Å². The monoisotopic (exact) mass is 211 g/mol. The quantitative estimate of drug-likeness (QED) is 0.774. The zero-order valence-corrected chi connectivity index (χ0v) is 10.0. The summed E-state index contributed by atoms with van der Waals surface area (Å²) in [4.78, 5) is 0. The van der Waals surface area contributed by atoms with E-state index in [1.54, 1.807) is 0 Å². The van der Waals surface area contributed by atoms with Crippen LogP contribution in [0.3, 0.4) is 0 Å². The summed E-state index contributed by atoms with van der Waals surface area (Å²) in [5.74, 6) is 1.56. The lowest BCUT2D eigenvalue weighted by molar-refractivity contribution is -0.0218. The molecule has 1 aliphatic heterocycles. The minimum atomic E-state index is 0.521. The van der Waals surface area contributed by atoms with Gasteiger partial charge in [-0.05, 0) is 37.6 Å². The number of hydrogen-bond donors (Lipinski definition) is 1. The van der Waals surface area contributed by atoms with Crippen LogP contribution in [-0.4, -0.2) is 25.8 Å². The largest absolute Gasteiger partial charge is 0.378 e. The highest BCUT2D eigenvalue weighted by Crippen LogP contribution is 2.25. The zero-order chi connectivity index (χ0) is 10.5. The molecule has 2 atom stereocenters. The Morgan fingerprint density at radius 3 is 2.67 bits per heavy atom. The molecule has 1 aliphatic carbocycles. The van der Waals surface area contributed by atoms with Crippen molar-refractivity contribution >= 4 is 0 Å². The van der Waals surface area contributed by atoms with E-state index in [2.05, 4.69) is 12.2 Å². The van der Waals surface area contributed by atoms with Crippen LogP contribution >= 0.6 is 0 Å². The second-order valence-electron chi connectivity index (χ2n) is 5.35. The van der Waals surface area contributed by atoms with Crippen LogP contribution in [0.4, 0.5) is 0 Å². The summed E-state index contributed by atoms with van der Waals surface area (Å²) in [5.41, 5.74) is 0. The molecule has 88 valence electrons. The van der Waals surface area contributed by atoms with E-state index in [0.29, 0.717) is 12.0 Å². The van der Waals surface area contributed by atoms with Gasteiger partial charge in [0.1, 0.15) is 0 Å². The van der Waals surface area contributed by atoms with Gasteiger partial charge in [0, 0.05) is 13.2 Å². The molecule has 0 aromatic heterocycles. The third-order valence-corrected chi connectivity index (χ3v) is 3.98. The van der Waals surface area contributed by atoms with Crippen LogP contribution in [0.2, 0.25) is 0 Å². The molecule has 2 unspecified atom stereocenters. The number of hydrogen-bond acceptors (Lipinski definition) is 2. The standard InChI is InChI=1S/C13H25NO/c1-11-9-14-8-7-13(11)15-10-12-5-3-2-4-6-12/h11-14H,2-10H2,1H3. The lowest BCUT2D eigenvalue weighted by Crippen LogP contribution is -2.40. The molecule has 0 aromatic carbocycles. The van der Waals surface area contributed by atoms with Gasteiger partial charge >= 0.3 is 0 Å². The van der Waals surface area contributed by atoms with E-state index in [1.165, 1.54) is 38.5 Å². The summed E-state index contributed by atoms with van der Waals surface area (Å²) in [7, 11) is 0. The SMILES string of the molecule is CC1CNCCC1OCC1CCCCC1. The van der Waals surface area contributed by atoms with Crippen LogP contribution in [0.15, 0.2) is 0 Å². The molecule has 15 heavy (non-hydrogen) atoms. The summed E-state index contributed by atoms with van der Waals surface area (Å²) < 4.78 is 6.09. The van der Waals surface area contributed by atoms with Gasteiger partial charge in [-0.25, -0.2) is 0 Å². The van der Waals surface area contributed by atoms with Gasteiger partial charge in [-0.2, -0.15) is 0 Å². The zero-order valence-electron chi connectivity index (χ0n) is 10.0. The molecule has 1 saturated carbocycles. The molecule has 2 fully saturated rings. The van der Waals surface area contributed by atoms with Crippen molar-refractivity contribution in [2.75, 3.05) is 19.7 Å². The average Bonchev–Trinajstić information content (AvgIpc) is 2.29. The van der Waals surface area contributed by atoms with Crippen molar-refractivity contribution in [3.63, 3.8) is 0 Å². The Morgan fingerprint density at radius 2 is 1.93 bits per heavy atom. The van der Waals surface area contributed by atoms with Crippen molar-refractivity contribution in [3.05, 3.63) is 0 Å². The molecule has 0 spiro atoms. The second kappa shape index (κ2) is 5.86. The summed E-state index contributed by atoms with van der Waals surface area (Å²) in [6.45, 7) is 5.60. The van der Waals surface area contributed by atoms with Gasteiger partial charge in [0.2, 0.25) is 0 Å². The molecule has 0 radical (unpaired) electrons. The van der Waals surface area contributed by atoms with Gasteiger partial charge in [-0.1, -0.05) is 26.2 Å². The summed E-state index contributed by atoms with van der Waals surface area (Å²) in [6, 6.07) is 0. The first-order valence-corrected chi connectivity index (χ1v) is 6.68. The molecule has 0 aromatic rings. The molecule has 2 rings (SSSR count). The minimum Gasteiger partial charge on any atom is -0.378 e. The van der Waals surface area contributed by atoms with Gasteiger partial charge < -0.3 is 10.1 Å². The topological polar surface area (TPSA) is 21.3 Å². The Labute approximate surface area is 93.8 Å². The van der Waals surface area contributed by atoms with Crippen molar-refractivity contribution in [2.45, 2.75) is 51.6 Å². The Kier molecular flexibility index (Phi) is 4.45. The van der Waals surface area contributed by atoms with Crippen LogP contribution in [0, 0.1) is 11.8 Å². The molecule has 2 aliphatic rings. The Bertz CT molecular complexity index is 177. The first-order chi connectivity index (χ1) is 7.36. The van der Waals surface area contributed by atoms with Gasteiger partial charge in [0.15, 0.2) is 0 Å². The summed E-state index contributed by atoms with van der Waals surface area (Å²) in [5, 5.41) is 3.42. The fourth-order valence-corrected chi connectivity index (χ4v) is 2.85. The minimum absolute atomic E-state index is 0.521. The maximum Gasteiger partial charge on any atom is 0.0625 e. The number of piperidine rings is 1. The van der Waals surface area contributed by atoms with Gasteiger partial charge in [0.25, 0.3) is 0 Å². The number of rotatable bonds is 3. The van der Waals surface area contributed by atoms with E-state index in [4.69, 9.17) is 4.74 Å². The van der Waals surface area contributed by atoms with Gasteiger partial charge in [0.05, 0.1) is 6.10 Å². The molecule has 1 N–H and O–H groups in total. The fraction of sp³-hybridized carbons (Fsp3) is 1.00. The van der Waals surface area contributed by atoms with Crippen molar-refractivity contribution in [1.29, 1.82) is 0 Å². The predicted molar refractivity (Wildman–Crippen MR) is 63.0 cm³/mol. The molecule has 0 amide bonds. The molecule has 2 nitrogen and oxygen atoms in total. The Morgan fingerprint density at radius 1 is 1.13 bits per heavy atom. The smallest absolute Gasteiger partial charge is 0.0625 e. The number of nitrogens with one attached hydrogen (secondary N) is 1. The highest BCUT2D eigenvalue weighted by Gasteiger charge is 2.23. The van der Waals surface area contributed by atoms with Crippen molar-refractivity contribution in [1.82, 2.24) is 5.32 Å². The lowest BCUT2D eigenvalue weighted by Gasteiger charge is -2.31. The third kappa shape index (κ3) is 3.46. The summed E-state index contributed by atoms with van der Waals surface area (Å²) >= 11 is 0. The third-order valence-electron chi connectivity index (χ3n) is 3.98. The molecule has 0 bridgehead atoms. The lowest BCUT2D eigenvalue weighted by atomic mass is 9.90. The molecule has 1 heterocycles. The van der Waals surface area contributed by atoms with Crippen LogP contribution in [0.25, 0.3) is 0 Å². The fourth-order valence-electron chi connectivity index (χ4n) is 2.85. The van der Waals surface area contributed by atoms with Gasteiger partial charge in [-0.3, -0.25) is 0 Å². The maximum absolute atomic E-state index is 6.09. The normalized spacial score (nSPS) is 34.2. The Balaban J connectivity index is 1.67. The van der Waals surface area contributed by atoms with Crippen molar-refractivity contribution < 1.29 is 4.74 Å². The second-order valence-corrected chi connectivity index (χ2v) is 5.35. The van der Waals surface area contributed by atoms with Crippen LogP contribution in [0.1, 0.15) is 45.4 Å². The van der Waals surface area contributed by atoms with E-state index >= 15 is 0 Å². The van der Waals surface area contributed by atoms with E-state index in [9.17, 15) is 0 Å².